The first-order valence-electron chi connectivity index (χ1n) is 12.9. The minimum atomic E-state index is -0.730. The number of para-hydroxylation sites is 1. The van der Waals surface area contributed by atoms with Crippen molar-refractivity contribution in [3.8, 4) is 28.4 Å². The fraction of sp³-hybridized carbons (Fsp3) is 0.0625. The molecule has 222 valence electrons. The molecule has 0 spiro atoms. The molecule has 0 radical (unpaired) electrons. The number of benzene rings is 4. The first-order chi connectivity index (χ1) is 21.2. The molecule has 4 aromatic carbocycles. The van der Waals surface area contributed by atoms with E-state index in [1.807, 2.05) is 30.3 Å². The summed E-state index contributed by atoms with van der Waals surface area (Å²) in [5.74, 6) is -1.93. The van der Waals surface area contributed by atoms with E-state index < -0.39 is 23.7 Å². The average molecular weight is 723 g/mol. The van der Waals surface area contributed by atoms with E-state index in [9.17, 15) is 18.8 Å². The van der Waals surface area contributed by atoms with Gasteiger partial charge in [0.25, 0.3) is 5.91 Å². The number of hydrazone groups is 1. The van der Waals surface area contributed by atoms with Crippen LogP contribution in [0, 0.1) is 5.82 Å². The summed E-state index contributed by atoms with van der Waals surface area (Å²) in [6, 6.07) is 21.3. The van der Waals surface area contributed by atoms with Crippen molar-refractivity contribution in [2.75, 3.05) is 7.11 Å². The maximum absolute atomic E-state index is 14.6. The minimum absolute atomic E-state index is 0.122. The third kappa shape index (κ3) is 6.56. The highest BCUT2D eigenvalue weighted by Crippen LogP contribution is 2.35. The number of carbonyl (C=O) groups is 3. The Morgan fingerprint density at radius 3 is 2.43 bits per heavy atom. The van der Waals surface area contributed by atoms with Gasteiger partial charge in [-0.3, -0.25) is 9.59 Å². The summed E-state index contributed by atoms with van der Waals surface area (Å²) in [6.07, 6.45) is 1.31. The van der Waals surface area contributed by atoms with E-state index in [1.165, 1.54) is 44.5 Å². The molecule has 1 amide bonds. The summed E-state index contributed by atoms with van der Waals surface area (Å²) in [5, 5.41) is 4.64. The highest BCUT2D eigenvalue weighted by molar-refractivity contribution is 9.11. The van der Waals surface area contributed by atoms with Gasteiger partial charge in [0.1, 0.15) is 11.5 Å². The maximum atomic E-state index is 14.6. The van der Waals surface area contributed by atoms with Gasteiger partial charge in [-0.15, -0.1) is 0 Å². The number of esters is 2. The number of aromatic amines is 1. The van der Waals surface area contributed by atoms with Crippen LogP contribution >= 0.6 is 31.9 Å². The lowest BCUT2D eigenvalue weighted by Crippen LogP contribution is -2.19. The van der Waals surface area contributed by atoms with Crippen LogP contribution in [0.15, 0.2) is 92.9 Å². The van der Waals surface area contributed by atoms with Gasteiger partial charge >= 0.3 is 11.9 Å². The van der Waals surface area contributed by atoms with E-state index in [1.54, 1.807) is 24.3 Å². The maximum Gasteiger partial charge on any atom is 0.343 e. The number of halogens is 3. The SMILES string of the molecule is COc1cc(C(=O)Oc2c(Br)cc(Br)cc2C=NNC(=O)c2[nH]c3c(F)cccc3c2-c2ccccc2)ccc1OC(C)=O. The standard InChI is InChI=1S/C32H22Br2FN3O6/c1-17(39)43-25-12-11-19(14-26(25)42-2)32(41)44-30-20(13-21(33)15-23(30)34)16-36-38-31(40)29-27(18-7-4-3-5-8-18)22-9-6-10-24(35)28(22)37-29/h3-16,37H,1-2H3,(H,38,40). The molecule has 1 heterocycles. The Labute approximate surface area is 267 Å². The highest BCUT2D eigenvalue weighted by atomic mass is 79.9. The number of nitrogens with zero attached hydrogens (tertiary/aromatic N) is 1. The van der Waals surface area contributed by atoms with E-state index >= 15 is 0 Å². The van der Waals surface area contributed by atoms with Gasteiger partial charge in [-0.1, -0.05) is 58.4 Å². The van der Waals surface area contributed by atoms with Crippen LogP contribution in [0.1, 0.15) is 33.3 Å². The molecule has 12 heteroatoms. The van der Waals surface area contributed by atoms with Crippen LogP contribution in [0.3, 0.4) is 0 Å². The number of H-pyrrole nitrogens is 1. The molecule has 0 aliphatic rings. The molecule has 0 aliphatic carbocycles. The average Bonchev–Trinajstić information content (AvgIpc) is 3.40. The Hall–Kier alpha value is -4.81. The predicted molar refractivity (Wildman–Crippen MR) is 170 cm³/mol. The second-order valence-corrected chi connectivity index (χ2v) is 11.0. The Balaban J connectivity index is 1.42. The third-order valence-electron chi connectivity index (χ3n) is 6.33. The molecule has 1 aromatic heterocycles. The van der Waals surface area contributed by atoms with Gasteiger partial charge in [-0.2, -0.15) is 5.10 Å². The van der Waals surface area contributed by atoms with Crippen molar-refractivity contribution < 1.29 is 33.0 Å². The van der Waals surface area contributed by atoms with Gasteiger partial charge in [0, 0.05) is 27.9 Å². The summed E-state index contributed by atoms with van der Waals surface area (Å²) in [4.78, 5) is 40.7. The van der Waals surface area contributed by atoms with E-state index in [-0.39, 0.29) is 34.0 Å². The number of carbonyl (C=O) groups excluding carboxylic acids is 3. The number of aromatic nitrogens is 1. The smallest absolute Gasteiger partial charge is 0.343 e. The topological polar surface area (TPSA) is 119 Å². The van der Waals surface area contributed by atoms with Crippen molar-refractivity contribution >= 4 is 66.8 Å². The first kappa shape index (κ1) is 30.6. The Morgan fingerprint density at radius 2 is 1.70 bits per heavy atom. The van der Waals surface area contributed by atoms with E-state index in [0.717, 1.165) is 5.56 Å². The van der Waals surface area contributed by atoms with Gasteiger partial charge in [-0.05, 0) is 57.9 Å². The molecular formula is C32H22Br2FN3O6. The molecule has 44 heavy (non-hydrogen) atoms. The normalized spacial score (nSPS) is 11.0. The van der Waals surface area contributed by atoms with Gasteiger partial charge in [0.15, 0.2) is 17.2 Å². The number of amides is 1. The number of fused-ring (bicyclic) bond motifs is 1. The highest BCUT2D eigenvalue weighted by Gasteiger charge is 2.21. The zero-order chi connectivity index (χ0) is 31.4. The summed E-state index contributed by atoms with van der Waals surface area (Å²) in [6.45, 7) is 1.25. The third-order valence-corrected chi connectivity index (χ3v) is 7.37. The largest absolute Gasteiger partial charge is 0.493 e. The Kier molecular flexibility index (Phi) is 9.21. The molecule has 0 fully saturated rings. The van der Waals surface area contributed by atoms with Crippen LogP contribution in [0.5, 0.6) is 17.2 Å². The summed E-state index contributed by atoms with van der Waals surface area (Å²) in [7, 11) is 1.38. The van der Waals surface area contributed by atoms with Crippen LogP contribution in [-0.4, -0.2) is 36.2 Å². The number of methoxy groups -OCH3 is 1. The predicted octanol–water partition coefficient (Wildman–Crippen LogP) is 7.42. The van der Waals surface area contributed by atoms with Crippen LogP contribution in [0.2, 0.25) is 0 Å². The molecule has 0 bridgehead atoms. The molecule has 0 saturated heterocycles. The van der Waals surface area contributed by atoms with Gasteiger partial charge < -0.3 is 19.2 Å². The van der Waals surface area contributed by atoms with Crippen molar-refractivity contribution in [1.29, 1.82) is 0 Å². The van der Waals surface area contributed by atoms with Crippen molar-refractivity contribution in [2.24, 2.45) is 5.10 Å². The molecule has 9 nitrogen and oxygen atoms in total. The van der Waals surface area contributed by atoms with Crippen molar-refractivity contribution in [3.63, 3.8) is 0 Å². The number of hydrogen-bond donors (Lipinski definition) is 2. The Morgan fingerprint density at radius 1 is 0.932 bits per heavy atom. The minimum Gasteiger partial charge on any atom is -0.493 e. The van der Waals surface area contributed by atoms with E-state index in [2.05, 4.69) is 47.4 Å². The molecule has 5 aromatic rings. The molecule has 2 N–H and O–H groups in total. The van der Waals surface area contributed by atoms with Gasteiger partial charge in [0.2, 0.25) is 0 Å². The van der Waals surface area contributed by atoms with Crippen LogP contribution in [-0.2, 0) is 4.79 Å². The number of hydrogen-bond acceptors (Lipinski definition) is 7. The van der Waals surface area contributed by atoms with E-state index in [4.69, 9.17) is 14.2 Å². The van der Waals surface area contributed by atoms with E-state index in [0.29, 0.717) is 25.5 Å². The lowest BCUT2D eigenvalue weighted by atomic mass is 10.0. The Bertz CT molecular complexity index is 1940. The first-order valence-corrected chi connectivity index (χ1v) is 14.5. The zero-order valence-electron chi connectivity index (χ0n) is 23.1. The second kappa shape index (κ2) is 13.2. The molecule has 0 unspecified atom stereocenters. The lowest BCUT2D eigenvalue weighted by molar-refractivity contribution is -0.132. The molecule has 5 rings (SSSR count). The van der Waals surface area contributed by atoms with Crippen LogP contribution < -0.4 is 19.6 Å². The zero-order valence-corrected chi connectivity index (χ0v) is 26.3. The fourth-order valence-corrected chi connectivity index (χ4v) is 5.78. The van der Waals surface area contributed by atoms with Crippen molar-refractivity contribution in [2.45, 2.75) is 6.92 Å². The summed E-state index contributed by atoms with van der Waals surface area (Å²) >= 11 is 6.81. The fourth-order valence-electron chi connectivity index (χ4n) is 4.44. The van der Waals surface area contributed by atoms with Crippen LogP contribution in [0.25, 0.3) is 22.0 Å². The molecular weight excluding hydrogens is 701 g/mol. The second-order valence-electron chi connectivity index (χ2n) is 9.26. The molecule has 0 atom stereocenters. The van der Waals surface area contributed by atoms with Gasteiger partial charge in [-0.25, -0.2) is 14.6 Å². The lowest BCUT2D eigenvalue weighted by Gasteiger charge is -2.12. The summed E-state index contributed by atoms with van der Waals surface area (Å²) < 4.78 is 31.7. The molecule has 0 saturated carbocycles. The number of nitrogens with one attached hydrogen (secondary N) is 2. The monoisotopic (exact) mass is 721 g/mol. The van der Waals surface area contributed by atoms with Crippen LogP contribution in [0.4, 0.5) is 4.39 Å². The van der Waals surface area contributed by atoms with Crippen molar-refractivity contribution in [1.82, 2.24) is 10.4 Å². The summed E-state index contributed by atoms with van der Waals surface area (Å²) in [5.41, 5.74) is 4.52. The number of rotatable bonds is 8. The number of ether oxygens (including phenoxy) is 3. The quantitative estimate of drug-likeness (QED) is 0.0745. The molecule has 0 aliphatic heterocycles. The van der Waals surface area contributed by atoms with Crippen molar-refractivity contribution in [3.05, 3.63) is 110 Å². The van der Waals surface area contributed by atoms with Gasteiger partial charge in [0.05, 0.1) is 28.9 Å².